The number of benzene rings is 3. The van der Waals surface area contributed by atoms with Crippen molar-refractivity contribution in [2.24, 2.45) is 0 Å². The normalized spacial score (nSPS) is 11.1. The molecule has 6 heteroatoms. The van der Waals surface area contributed by atoms with Gasteiger partial charge in [0.1, 0.15) is 0 Å². The summed E-state index contributed by atoms with van der Waals surface area (Å²) in [7, 11) is 0. The summed E-state index contributed by atoms with van der Waals surface area (Å²) < 4.78 is 0.897. The molecule has 174 valence electrons. The van der Waals surface area contributed by atoms with Crippen LogP contribution in [0.25, 0.3) is 33.4 Å². The fourth-order valence-corrected chi connectivity index (χ4v) is 5.34. The van der Waals surface area contributed by atoms with Crippen LogP contribution in [0.1, 0.15) is 33.3 Å². The molecule has 5 aromatic rings. The predicted octanol–water partition coefficient (Wildman–Crippen LogP) is 8.22. The lowest BCUT2D eigenvalue weighted by Crippen LogP contribution is -2.13. The second-order valence-electron chi connectivity index (χ2n) is 8.48. The topological polar surface area (TPSA) is 54.9 Å². The number of nitrogens with one attached hydrogen (secondary N) is 1. The van der Waals surface area contributed by atoms with Gasteiger partial charge in [-0.15, -0.1) is 11.3 Å². The third-order valence-electron chi connectivity index (χ3n) is 6.10. The first-order valence-corrected chi connectivity index (χ1v) is 13.1. The van der Waals surface area contributed by atoms with Crippen LogP contribution < -0.4 is 5.32 Å². The SMILES string of the molecule is CCc1sc(NC(=O)c2cc(-c3ccc(C)c(C)c3)nc3ccc(Br)cc23)nc1-c1ccccc1. The number of hydrogen-bond donors (Lipinski definition) is 1. The summed E-state index contributed by atoms with van der Waals surface area (Å²) >= 11 is 5.06. The summed E-state index contributed by atoms with van der Waals surface area (Å²) in [6.07, 6.45) is 0.847. The molecule has 0 spiro atoms. The summed E-state index contributed by atoms with van der Waals surface area (Å²) in [6, 6.07) is 24.0. The third-order valence-corrected chi connectivity index (χ3v) is 7.71. The number of hydrogen-bond acceptors (Lipinski definition) is 4. The average molecular weight is 543 g/mol. The zero-order chi connectivity index (χ0) is 24.5. The van der Waals surface area contributed by atoms with Gasteiger partial charge in [0, 0.05) is 25.9 Å². The number of thiazole rings is 1. The van der Waals surface area contributed by atoms with Crippen LogP contribution in [0.5, 0.6) is 0 Å². The van der Waals surface area contributed by atoms with Gasteiger partial charge < -0.3 is 0 Å². The Hall–Kier alpha value is -3.35. The molecule has 5 rings (SSSR count). The Labute approximate surface area is 217 Å². The summed E-state index contributed by atoms with van der Waals surface area (Å²) in [4.78, 5) is 24.4. The van der Waals surface area contributed by atoms with Crippen molar-refractivity contribution < 1.29 is 4.79 Å². The maximum absolute atomic E-state index is 13.6. The number of fused-ring (bicyclic) bond motifs is 1. The zero-order valence-electron chi connectivity index (χ0n) is 19.7. The lowest BCUT2D eigenvalue weighted by Gasteiger charge is -2.11. The molecule has 1 amide bonds. The Bertz CT molecular complexity index is 1560. The third kappa shape index (κ3) is 4.77. The van der Waals surface area contributed by atoms with Crippen molar-refractivity contribution in [3.63, 3.8) is 0 Å². The van der Waals surface area contributed by atoms with Crippen LogP contribution in [0, 0.1) is 13.8 Å². The largest absolute Gasteiger partial charge is 0.298 e. The second-order valence-corrected chi connectivity index (χ2v) is 10.5. The van der Waals surface area contributed by atoms with E-state index in [1.807, 2.05) is 54.6 Å². The second kappa shape index (κ2) is 9.72. The number of nitrogens with zero attached hydrogens (tertiary/aromatic N) is 2. The molecule has 0 radical (unpaired) electrons. The van der Waals surface area contributed by atoms with E-state index in [4.69, 9.17) is 9.97 Å². The monoisotopic (exact) mass is 541 g/mol. The van der Waals surface area contributed by atoms with E-state index in [-0.39, 0.29) is 5.91 Å². The van der Waals surface area contributed by atoms with E-state index in [1.165, 1.54) is 22.5 Å². The first-order chi connectivity index (χ1) is 16.9. The Morgan fingerprint density at radius 1 is 0.914 bits per heavy atom. The molecular weight excluding hydrogens is 518 g/mol. The number of halogens is 1. The Balaban J connectivity index is 1.57. The number of amides is 1. The maximum Gasteiger partial charge on any atom is 0.258 e. The molecule has 0 aliphatic carbocycles. The first-order valence-electron chi connectivity index (χ1n) is 11.5. The highest BCUT2D eigenvalue weighted by atomic mass is 79.9. The minimum atomic E-state index is -0.198. The molecule has 0 saturated carbocycles. The molecular formula is C29H24BrN3OS. The van der Waals surface area contributed by atoms with Crippen molar-refractivity contribution >= 4 is 49.2 Å². The predicted molar refractivity (Wildman–Crippen MR) is 149 cm³/mol. The molecule has 35 heavy (non-hydrogen) atoms. The standard InChI is InChI=1S/C29H24BrN3OS/c1-4-26-27(19-8-6-5-7-9-19)32-29(35-26)33-28(34)23-16-25(20-11-10-17(2)18(3)14-20)31-24-13-12-21(30)15-22(23)24/h5-16H,4H2,1-3H3,(H,32,33,34). The van der Waals surface area contributed by atoms with Crippen LogP contribution in [-0.4, -0.2) is 15.9 Å². The van der Waals surface area contributed by atoms with Crippen LogP contribution in [0.15, 0.2) is 77.3 Å². The van der Waals surface area contributed by atoms with Crippen molar-refractivity contribution in [2.45, 2.75) is 27.2 Å². The van der Waals surface area contributed by atoms with E-state index in [0.717, 1.165) is 49.2 Å². The number of anilines is 1. The van der Waals surface area contributed by atoms with Gasteiger partial charge in [0.15, 0.2) is 5.13 Å². The number of carbonyl (C=O) groups is 1. The van der Waals surface area contributed by atoms with Gasteiger partial charge in [0.2, 0.25) is 0 Å². The lowest BCUT2D eigenvalue weighted by atomic mass is 10.0. The van der Waals surface area contributed by atoms with Crippen LogP contribution in [0.2, 0.25) is 0 Å². The van der Waals surface area contributed by atoms with Crippen molar-refractivity contribution in [2.75, 3.05) is 5.32 Å². The number of aryl methyl sites for hydroxylation is 3. The quantitative estimate of drug-likeness (QED) is 0.244. The number of aromatic nitrogens is 2. The molecule has 2 heterocycles. The summed E-state index contributed by atoms with van der Waals surface area (Å²) in [6.45, 7) is 6.28. The van der Waals surface area contributed by atoms with Crippen LogP contribution in [0.3, 0.4) is 0 Å². The average Bonchev–Trinajstić information content (AvgIpc) is 3.28. The van der Waals surface area contributed by atoms with E-state index in [9.17, 15) is 4.79 Å². The molecule has 0 fully saturated rings. The highest BCUT2D eigenvalue weighted by molar-refractivity contribution is 9.10. The Morgan fingerprint density at radius 2 is 1.71 bits per heavy atom. The van der Waals surface area contributed by atoms with E-state index < -0.39 is 0 Å². The van der Waals surface area contributed by atoms with Gasteiger partial charge in [-0.3, -0.25) is 10.1 Å². The molecule has 2 aromatic heterocycles. The van der Waals surface area contributed by atoms with E-state index >= 15 is 0 Å². The van der Waals surface area contributed by atoms with Crippen molar-refractivity contribution in [1.82, 2.24) is 9.97 Å². The number of rotatable bonds is 5. The fraction of sp³-hybridized carbons (Fsp3) is 0.138. The summed E-state index contributed by atoms with van der Waals surface area (Å²) in [5, 5.41) is 4.45. The van der Waals surface area contributed by atoms with Crippen molar-refractivity contribution in [3.8, 4) is 22.5 Å². The smallest absolute Gasteiger partial charge is 0.258 e. The van der Waals surface area contributed by atoms with E-state index in [2.05, 4.69) is 60.2 Å². The van der Waals surface area contributed by atoms with Crippen LogP contribution in [-0.2, 0) is 6.42 Å². The molecule has 0 aliphatic rings. The molecule has 0 aliphatic heterocycles. The lowest BCUT2D eigenvalue weighted by molar-refractivity contribution is 0.102. The fourth-order valence-electron chi connectivity index (χ4n) is 4.07. The van der Waals surface area contributed by atoms with E-state index in [1.54, 1.807) is 0 Å². The number of carbonyl (C=O) groups excluding carboxylic acids is 1. The van der Waals surface area contributed by atoms with Gasteiger partial charge in [-0.2, -0.15) is 0 Å². The zero-order valence-corrected chi connectivity index (χ0v) is 22.1. The van der Waals surface area contributed by atoms with Gasteiger partial charge in [-0.25, -0.2) is 9.97 Å². The molecule has 0 saturated heterocycles. The number of pyridine rings is 1. The maximum atomic E-state index is 13.6. The summed E-state index contributed by atoms with van der Waals surface area (Å²) in [5.41, 5.74) is 7.48. The Kier molecular flexibility index (Phi) is 6.50. The highest BCUT2D eigenvalue weighted by Crippen LogP contribution is 2.33. The van der Waals surface area contributed by atoms with Gasteiger partial charge in [-0.05, 0) is 61.7 Å². The van der Waals surface area contributed by atoms with Crippen LogP contribution in [0.4, 0.5) is 5.13 Å². The molecule has 0 unspecified atom stereocenters. The molecule has 0 bridgehead atoms. The molecule has 4 nitrogen and oxygen atoms in total. The molecule has 1 N–H and O–H groups in total. The van der Waals surface area contributed by atoms with Gasteiger partial charge in [0.05, 0.1) is 22.5 Å². The molecule has 3 aromatic carbocycles. The van der Waals surface area contributed by atoms with Crippen LogP contribution >= 0.6 is 27.3 Å². The van der Waals surface area contributed by atoms with Crippen molar-refractivity contribution in [3.05, 3.63) is 98.8 Å². The van der Waals surface area contributed by atoms with Crippen molar-refractivity contribution in [1.29, 1.82) is 0 Å². The van der Waals surface area contributed by atoms with Gasteiger partial charge >= 0.3 is 0 Å². The Morgan fingerprint density at radius 3 is 2.46 bits per heavy atom. The van der Waals surface area contributed by atoms with Gasteiger partial charge in [-0.1, -0.05) is 65.3 Å². The first kappa shape index (κ1) is 23.4. The van der Waals surface area contributed by atoms with E-state index in [0.29, 0.717) is 10.7 Å². The summed E-state index contributed by atoms with van der Waals surface area (Å²) in [5.74, 6) is -0.198. The highest BCUT2D eigenvalue weighted by Gasteiger charge is 2.18. The minimum Gasteiger partial charge on any atom is -0.298 e. The van der Waals surface area contributed by atoms with Gasteiger partial charge in [0.25, 0.3) is 5.91 Å². The minimum absolute atomic E-state index is 0.198. The molecule has 0 atom stereocenters.